The van der Waals surface area contributed by atoms with Gasteiger partial charge in [-0.1, -0.05) is 24.3 Å². The van der Waals surface area contributed by atoms with Crippen LogP contribution in [-0.2, 0) is 13.5 Å². The van der Waals surface area contributed by atoms with Crippen LogP contribution in [0.5, 0.6) is 0 Å². The van der Waals surface area contributed by atoms with Gasteiger partial charge in [-0.3, -0.25) is 4.79 Å². The van der Waals surface area contributed by atoms with Crippen molar-refractivity contribution in [2.24, 2.45) is 7.05 Å². The lowest BCUT2D eigenvalue weighted by atomic mass is 10.1. The first-order chi connectivity index (χ1) is 8.70. The van der Waals surface area contributed by atoms with Gasteiger partial charge in [0.2, 0.25) is 0 Å². The van der Waals surface area contributed by atoms with Gasteiger partial charge < -0.3 is 9.88 Å². The average Bonchev–Trinajstić information content (AvgIpc) is 2.76. The van der Waals surface area contributed by atoms with Crippen LogP contribution in [0.2, 0.25) is 0 Å². The van der Waals surface area contributed by atoms with Crippen LogP contribution < -0.4 is 5.32 Å². The monoisotopic (exact) mass is 243 g/mol. The lowest BCUT2D eigenvalue weighted by Crippen LogP contribution is -2.18. The molecule has 0 atom stereocenters. The molecule has 2 rings (SSSR count). The maximum absolute atomic E-state index is 11.6. The average molecular weight is 243 g/mol. The fraction of sp³-hybridized carbons (Fsp3) is 0.286. The molecule has 0 aliphatic rings. The standard InChI is InChI=1S/C14H17N3O/c1-15-10-13(18)12-5-3-11(4-6-12)9-14-16-7-8-17(14)2/h3-8,15H,9-10H2,1-2H3. The van der Waals surface area contributed by atoms with Crippen molar-refractivity contribution in [2.75, 3.05) is 13.6 Å². The fourth-order valence-electron chi connectivity index (χ4n) is 1.82. The predicted octanol–water partition coefficient (Wildman–Crippen LogP) is 1.41. The number of rotatable bonds is 5. The summed E-state index contributed by atoms with van der Waals surface area (Å²) in [6.45, 7) is 0.374. The first-order valence-corrected chi connectivity index (χ1v) is 5.93. The fourth-order valence-corrected chi connectivity index (χ4v) is 1.82. The maximum atomic E-state index is 11.6. The van der Waals surface area contributed by atoms with E-state index >= 15 is 0 Å². The van der Waals surface area contributed by atoms with E-state index in [4.69, 9.17) is 0 Å². The van der Waals surface area contributed by atoms with Crippen LogP contribution in [0.15, 0.2) is 36.7 Å². The zero-order valence-electron chi connectivity index (χ0n) is 10.7. The van der Waals surface area contributed by atoms with Gasteiger partial charge in [0.1, 0.15) is 5.82 Å². The van der Waals surface area contributed by atoms with E-state index in [0.29, 0.717) is 6.54 Å². The number of imidazole rings is 1. The van der Waals surface area contributed by atoms with Crippen molar-refractivity contribution in [2.45, 2.75) is 6.42 Å². The van der Waals surface area contributed by atoms with Crippen molar-refractivity contribution < 1.29 is 4.79 Å². The number of carbonyl (C=O) groups is 1. The molecule has 0 spiro atoms. The van der Waals surface area contributed by atoms with E-state index in [1.807, 2.05) is 42.1 Å². The quantitative estimate of drug-likeness (QED) is 0.808. The molecule has 1 heterocycles. The summed E-state index contributed by atoms with van der Waals surface area (Å²) in [6, 6.07) is 7.71. The Morgan fingerprint density at radius 3 is 2.61 bits per heavy atom. The van der Waals surface area contributed by atoms with Gasteiger partial charge in [0.15, 0.2) is 5.78 Å². The minimum Gasteiger partial charge on any atom is -0.338 e. The number of Topliss-reactive ketones (excluding diaryl/α,β-unsaturated/α-hetero) is 1. The van der Waals surface area contributed by atoms with Crippen molar-refractivity contribution in [1.29, 1.82) is 0 Å². The smallest absolute Gasteiger partial charge is 0.176 e. The predicted molar refractivity (Wildman–Crippen MR) is 70.7 cm³/mol. The van der Waals surface area contributed by atoms with Crippen LogP contribution in [0.4, 0.5) is 0 Å². The maximum Gasteiger partial charge on any atom is 0.176 e. The summed E-state index contributed by atoms with van der Waals surface area (Å²) in [7, 11) is 3.75. The topological polar surface area (TPSA) is 46.9 Å². The lowest BCUT2D eigenvalue weighted by molar-refractivity contribution is 0.0993. The van der Waals surface area contributed by atoms with E-state index in [9.17, 15) is 4.79 Å². The minimum absolute atomic E-state index is 0.112. The highest BCUT2D eigenvalue weighted by atomic mass is 16.1. The third kappa shape index (κ3) is 2.84. The molecule has 0 fully saturated rings. The highest BCUT2D eigenvalue weighted by Crippen LogP contribution is 2.09. The van der Waals surface area contributed by atoms with E-state index in [-0.39, 0.29) is 5.78 Å². The Morgan fingerprint density at radius 1 is 1.33 bits per heavy atom. The Bertz CT molecular complexity index is 528. The van der Waals surface area contributed by atoms with E-state index in [2.05, 4.69) is 10.3 Å². The summed E-state index contributed by atoms with van der Waals surface area (Å²) in [5.74, 6) is 1.13. The Hall–Kier alpha value is -1.94. The minimum atomic E-state index is 0.112. The summed E-state index contributed by atoms with van der Waals surface area (Å²) in [6.07, 6.45) is 4.50. The molecule has 18 heavy (non-hydrogen) atoms. The molecule has 0 saturated heterocycles. The largest absolute Gasteiger partial charge is 0.338 e. The van der Waals surface area contributed by atoms with Crippen molar-refractivity contribution in [3.05, 3.63) is 53.6 Å². The van der Waals surface area contributed by atoms with Crippen molar-refractivity contribution in [1.82, 2.24) is 14.9 Å². The van der Waals surface area contributed by atoms with E-state index in [1.54, 1.807) is 13.2 Å². The highest BCUT2D eigenvalue weighted by Gasteiger charge is 2.05. The molecule has 1 N–H and O–H groups in total. The highest BCUT2D eigenvalue weighted by molar-refractivity contribution is 5.97. The molecule has 4 heteroatoms. The summed E-state index contributed by atoms with van der Waals surface area (Å²) >= 11 is 0. The first kappa shape index (κ1) is 12.5. The van der Waals surface area contributed by atoms with Crippen molar-refractivity contribution in [3.8, 4) is 0 Å². The Balaban J connectivity index is 2.08. The molecule has 0 amide bonds. The normalized spacial score (nSPS) is 10.6. The number of aryl methyl sites for hydroxylation is 1. The van der Waals surface area contributed by atoms with Crippen LogP contribution in [-0.4, -0.2) is 28.9 Å². The number of ketones is 1. The SMILES string of the molecule is CNCC(=O)c1ccc(Cc2nccn2C)cc1. The third-order valence-corrected chi connectivity index (χ3v) is 2.90. The van der Waals surface area contributed by atoms with Crippen LogP contribution in [0.1, 0.15) is 21.7 Å². The van der Waals surface area contributed by atoms with Crippen LogP contribution in [0.25, 0.3) is 0 Å². The molecular weight excluding hydrogens is 226 g/mol. The molecular formula is C14H17N3O. The molecule has 0 bridgehead atoms. The van der Waals surface area contributed by atoms with Gasteiger partial charge in [-0.15, -0.1) is 0 Å². The number of nitrogens with one attached hydrogen (secondary N) is 1. The summed E-state index contributed by atoms with van der Waals surface area (Å²) in [5, 5.41) is 2.86. The van der Waals surface area contributed by atoms with E-state index < -0.39 is 0 Å². The molecule has 1 aromatic heterocycles. The zero-order chi connectivity index (χ0) is 13.0. The van der Waals surface area contributed by atoms with Gasteiger partial charge >= 0.3 is 0 Å². The number of likely N-dealkylation sites (N-methyl/N-ethyl adjacent to an activating group) is 1. The second-order valence-corrected chi connectivity index (χ2v) is 4.28. The molecule has 0 aliphatic carbocycles. The molecule has 4 nitrogen and oxygen atoms in total. The van der Waals surface area contributed by atoms with Gasteiger partial charge in [0.05, 0.1) is 6.54 Å². The number of benzene rings is 1. The molecule has 1 aromatic carbocycles. The number of aromatic nitrogens is 2. The molecule has 0 radical (unpaired) electrons. The second kappa shape index (κ2) is 5.60. The van der Waals surface area contributed by atoms with Gasteiger partial charge in [-0.25, -0.2) is 4.98 Å². The summed E-state index contributed by atoms with van der Waals surface area (Å²) in [4.78, 5) is 15.9. The van der Waals surface area contributed by atoms with Crippen LogP contribution >= 0.6 is 0 Å². The van der Waals surface area contributed by atoms with Crippen molar-refractivity contribution in [3.63, 3.8) is 0 Å². The van der Waals surface area contributed by atoms with E-state index in [1.165, 1.54) is 0 Å². The number of carbonyl (C=O) groups excluding carboxylic acids is 1. The molecule has 2 aromatic rings. The van der Waals surface area contributed by atoms with Crippen molar-refractivity contribution >= 4 is 5.78 Å². The Labute approximate surface area is 107 Å². The number of hydrogen-bond acceptors (Lipinski definition) is 3. The molecule has 0 saturated carbocycles. The number of hydrogen-bond donors (Lipinski definition) is 1. The van der Waals surface area contributed by atoms with Crippen LogP contribution in [0, 0.1) is 0 Å². The number of nitrogens with zero attached hydrogens (tertiary/aromatic N) is 2. The second-order valence-electron chi connectivity index (χ2n) is 4.28. The molecule has 0 aliphatic heterocycles. The van der Waals surface area contributed by atoms with Gasteiger partial charge in [-0.2, -0.15) is 0 Å². The third-order valence-electron chi connectivity index (χ3n) is 2.90. The summed E-state index contributed by atoms with van der Waals surface area (Å²) < 4.78 is 2.00. The Morgan fingerprint density at radius 2 is 2.06 bits per heavy atom. The van der Waals surface area contributed by atoms with Gasteiger partial charge in [0, 0.05) is 31.4 Å². The van der Waals surface area contributed by atoms with E-state index in [0.717, 1.165) is 23.4 Å². The summed E-state index contributed by atoms with van der Waals surface area (Å²) in [5.41, 5.74) is 1.90. The van der Waals surface area contributed by atoms with Gasteiger partial charge in [0.25, 0.3) is 0 Å². The first-order valence-electron chi connectivity index (χ1n) is 5.93. The zero-order valence-corrected chi connectivity index (χ0v) is 10.7. The lowest BCUT2D eigenvalue weighted by Gasteiger charge is -2.04. The molecule has 94 valence electrons. The van der Waals surface area contributed by atoms with Gasteiger partial charge in [-0.05, 0) is 12.6 Å². The van der Waals surface area contributed by atoms with Crippen LogP contribution in [0.3, 0.4) is 0 Å². The molecule has 0 unspecified atom stereocenters. The Kier molecular flexibility index (Phi) is 3.89.